The van der Waals surface area contributed by atoms with Crippen molar-refractivity contribution in [1.82, 2.24) is 0 Å². The number of anilines is 1. The van der Waals surface area contributed by atoms with Crippen molar-refractivity contribution in [3.8, 4) is 0 Å². The molecule has 106 valence electrons. The molecule has 2 nitrogen and oxygen atoms in total. The number of aliphatic hydroxyl groups is 1. The summed E-state index contributed by atoms with van der Waals surface area (Å²) in [5.41, 5.74) is 1.49. The third-order valence-electron chi connectivity index (χ3n) is 3.28. The van der Waals surface area contributed by atoms with Gasteiger partial charge in [-0.3, -0.25) is 0 Å². The lowest BCUT2D eigenvalue weighted by molar-refractivity contribution is 0.220. The minimum Gasteiger partial charge on any atom is -0.394 e. The van der Waals surface area contributed by atoms with Crippen LogP contribution in [0.4, 0.5) is 10.1 Å². The van der Waals surface area contributed by atoms with Crippen LogP contribution in [0.25, 0.3) is 0 Å². The summed E-state index contributed by atoms with van der Waals surface area (Å²) in [6, 6.07) is 12.5. The first-order valence-corrected chi connectivity index (χ1v) is 7.15. The maximum Gasteiger partial charge on any atom is 0.128 e. The summed E-state index contributed by atoms with van der Waals surface area (Å²) in [6.45, 7) is 3.55. The van der Waals surface area contributed by atoms with E-state index in [2.05, 4.69) is 21.2 Å². The Hall–Kier alpha value is -1.39. The molecule has 0 fully saturated rings. The van der Waals surface area contributed by atoms with Crippen LogP contribution in [0.1, 0.15) is 18.1 Å². The Morgan fingerprint density at radius 2 is 2.00 bits per heavy atom. The smallest absolute Gasteiger partial charge is 0.128 e. The van der Waals surface area contributed by atoms with Gasteiger partial charge in [0.25, 0.3) is 0 Å². The van der Waals surface area contributed by atoms with E-state index in [1.165, 1.54) is 6.07 Å². The SMILES string of the molecule is Cc1cccc(NC(C)(CO)c2cc(Br)ccc2F)c1. The first-order valence-electron chi connectivity index (χ1n) is 6.36. The second-order valence-electron chi connectivity index (χ2n) is 5.11. The van der Waals surface area contributed by atoms with Gasteiger partial charge >= 0.3 is 0 Å². The topological polar surface area (TPSA) is 32.3 Å². The zero-order chi connectivity index (χ0) is 14.8. The highest BCUT2D eigenvalue weighted by molar-refractivity contribution is 9.10. The number of hydrogen-bond donors (Lipinski definition) is 2. The second kappa shape index (κ2) is 5.94. The van der Waals surface area contributed by atoms with Crippen LogP contribution in [-0.4, -0.2) is 11.7 Å². The Kier molecular flexibility index (Phi) is 4.45. The monoisotopic (exact) mass is 337 g/mol. The molecule has 1 atom stereocenters. The lowest BCUT2D eigenvalue weighted by Crippen LogP contribution is -2.36. The molecule has 1 unspecified atom stereocenters. The summed E-state index contributed by atoms with van der Waals surface area (Å²) in [6.07, 6.45) is 0. The highest BCUT2D eigenvalue weighted by Crippen LogP contribution is 2.30. The van der Waals surface area contributed by atoms with Gasteiger partial charge in [-0.15, -0.1) is 0 Å². The number of aliphatic hydroxyl groups excluding tert-OH is 1. The van der Waals surface area contributed by atoms with Crippen LogP contribution in [0.2, 0.25) is 0 Å². The normalized spacial score (nSPS) is 13.8. The summed E-state index contributed by atoms with van der Waals surface area (Å²) in [5.74, 6) is -0.343. The van der Waals surface area contributed by atoms with Gasteiger partial charge in [0.15, 0.2) is 0 Å². The number of aryl methyl sites for hydroxylation is 1. The van der Waals surface area contributed by atoms with Crippen LogP contribution in [0, 0.1) is 12.7 Å². The van der Waals surface area contributed by atoms with Gasteiger partial charge in [-0.25, -0.2) is 4.39 Å². The Balaban J connectivity index is 2.40. The third kappa shape index (κ3) is 3.19. The Labute approximate surface area is 126 Å². The lowest BCUT2D eigenvalue weighted by Gasteiger charge is -2.31. The molecule has 0 aliphatic rings. The molecule has 2 rings (SSSR count). The second-order valence-corrected chi connectivity index (χ2v) is 6.02. The van der Waals surface area contributed by atoms with Crippen molar-refractivity contribution in [3.63, 3.8) is 0 Å². The maximum atomic E-state index is 14.1. The van der Waals surface area contributed by atoms with E-state index >= 15 is 0 Å². The van der Waals surface area contributed by atoms with Crippen LogP contribution in [0.15, 0.2) is 46.9 Å². The zero-order valence-electron chi connectivity index (χ0n) is 11.5. The van der Waals surface area contributed by atoms with Crippen molar-refractivity contribution in [2.45, 2.75) is 19.4 Å². The van der Waals surface area contributed by atoms with Gasteiger partial charge in [0.1, 0.15) is 5.82 Å². The Morgan fingerprint density at radius 1 is 1.25 bits per heavy atom. The van der Waals surface area contributed by atoms with Gasteiger partial charge in [-0.1, -0.05) is 28.1 Å². The van der Waals surface area contributed by atoms with Crippen LogP contribution in [0.3, 0.4) is 0 Å². The van der Waals surface area contributed by atoms with Crippen molar-refractivity contribution in [2.24, 2.45) is 0 Å². The molecular formula is C16H17BrFNO. The Bertz CT molecular complexity index is 617. The predicted molar refractivity (Wildman–Crippen MR) is 83.3 cm³/mol. The lowest BCUT2D eigenvalue weighted by atomic mass is 9.92. The van der Waals surface area contributed by atoms with Crippen molar-refractivity contribution in [1.29, 1.82) is 0 Å². The minimum absolute atomic E-state index is 0.214. The summed E-state index contributed by atoms with van der Waals surface area (Å²) in [5, 5.41) is 13.0. The molecule has 0 saturated carbocycles. The number of halogens is 2. The summed E-state index contributed by atoms with van der Waals surface area (Å²) >= 11 is 3.34. The third-order valence-corrected chi connectivity index (χ3v) is 3.77. The standard InChI is InChI=1S/C16H17BrFNO/c1-11-4-3-5-13(8-11)19-16(2,10-20)14-9-12(17)6-7-15(14)18/h3-9,19-20H,10H2,1-2H3. The van der Waals surface area contributed by atoms with Crippen LogP contribution < -0.4 is 5.32 Å². The van der Waals surface area contributed by atoms with E-state index in [1.807, 2.05) is 31.2 Å². The molecule has 2 aromatic rings. The first kappa shape index (κ1) is 15.0. The van der Waals surface area contributed by atoms with E-state index in [1.54, 1.807) is 19.1 Å². The number of hydrogen-bond acceptors (Lipinski definition) is 2. The van der Waals surface area contributed by atoms with E-state index < -0.39 is 5.54 Å². The minimum atomic E-state index is -0.887. The zero-order valence-corrected chi connectivity index (χ0v) is 13.0. The van der Waals surface area contributed by atoms with Gasteiger partial charge in [0.2, 0.25) is 0 Å². The molecule has 0 aliphatic heterocycles. The largest absolute Gasteiger partial charge is 0.394 e. The number of rotatable bonds is 4. The van der Waals surface area contributed by atoms with Gasteiger partial charge in [-0.05, 0) is 49.7 Å². The Morgan fingerprint density at radius 3 is 2.65 bits per heavy atom. The average Bonchev–Trinajstić information content (AvgIpc) is 2.41. The van der Waals surface area contributed by atoms with Crippen LogP contribution in [0.5, 0.6) is 0 Å². The molecule has 0 saturated heterocycles. The highest BCUT2D eigenvalue weighted by atomic mass is 79.9. The molecule has 0 bridgehead atoms. The van der Waals surface area contributed by atoms with Crippen molar-refractivity contribution in [3.05, 3.63) is 63.9 Å². The molecule has 0 heterocycles. The molecular weight excluding hydrogens is 321 g/mol. The van der Waals surface area contributed by atoms with Crippen LogP contribution >= 0.6 is 15.9 Å². The fourth-order valence-corrected chi connectivity index (χ4v) is 2.51. The fourth-order valence-electron chi connectivity index (χ4n) is 2.15. The van der Waals surface area contributed by atoms with Crippen molar-refractivity contribution >= 4 is 21.6 Å². The summed E-state index contributed by atoms with van der Waals surface area (Å²) < 4.78 is 14.8. The van der Waals surface area contributed by atoms with Gasteiger partial charge < -0.3 is 10.4 Å². The quantitative estimate of drug-likeness (QED) is 0.875. The van der Waals surface area contributed by atoms with Crippen molar-refractivity contribution < 1.29 is 9.50 Å². The maximum absolute atomic E-state index is 14.1. The highest BCUT2D eigenvalue weighted by Gasteiger charge is 2.29. The molecule has 4 heteroatoms. The van der Waals surface area contributed by atoms with Crippen LogP contribution in [-0.2, 0) is 5.54 Å². The van der Waals surface area contributed by atoms with Crippen molar-refractivity contribution in [2.75, 3.05) is 11.9 Å². The molecule has 2 N–H and O–H groups in total. The van der Waals surface area contributed by atoms with E-state index in [0.29, 0.717) is 5.56 Å². The fraction of sp³-hybridized carbons (Fsp3) is 0.250. The van der Waals surface area contributed by atoms with Gasteiger partial charge in [-0.2, -0.15) is 0 Å². The number of nitrogens with one attached hydrogen (secondary N) is 1. The molecule has 0 amide bonds. The number of benzene rings is 2. The van der Waals surface area contributed by atoms with Gasteiger partial charge in [0.05, 0.1) is 12.1 Å². The molecule has 2 aromatic carbocycles. The molecule has 0 aliphatic carbocycles. The molecule has 20 heavy (non-hydrogen) atoms. The summed E-state index contributed by atoms with van der Waals surface area (Å²) in [7, 11) is 0. The predicted octanol–water partition coefficient (Wildman–Crippen LogP) is 4.22. The first-order chi connectivity index (χ1) is 9.44. The average molecular weight is 338 g/mol. The molecule has 0 spiro atoms. The van der Waals surface area contributed by atoms with E-state index in [9.17, 15) is 9.50 Å². The van der Waals surface area contributed by atoms with E-state index in [4.69, 9.17) is 0 Å². The molecule has 0 radical (unpaired) electrons. The van der Waals surface area contributed by atoms with E-state index in [0.717, 1.165) is 15.7 Å². The summed E-state index contributed by atoms with van der Waals surface area (Å²) in [4.78, 5) is 0. The van der Waals surface area contributed by atoms with Gasteiger partial charge in [0, 0.05) is 15.7 Å². The van der Waals surface area contributed by atoms with E-state index in [-0.39, 0.29) is 12.4 Å². The molecule has 0 aromatic heterocycles.